The molecule has 1 aliphatic carbocycles. The van der Waals surface area contributed by atoms with Crippen LogP contribution in [-0.4, -0.2) is 27.5 Å². The molecule has 1 aromatic carbocycles. The second-order valence-electron chi connectivity index (χ2n) is 5.33. The Morgan fingerprint density at radius 2 is 1.67 bits per heavy atom. The molecule has 1 saturated carbocycles. The average Bonchev–Trinajstić information content (AvgIpc) is 2.74. The van der Waals surface area contributed by atoms with Crippen LogP contribution in [-0.2, 0) is 14.8 Å². The van der Waals surface area contributed by atoms with E-state index in [0.29, 0.717) is 5.56 Å². The zero-order valence-corrected chi connectivity index (χ0v) is 13.0. The van der Waals surface area contributed by atoms with E-state index in [1.807, 2.05) is 0 Å². The van der Waals surface area contributed by atoms with Crippen LogP contribution in [0, 0.1) is 0 Å². The monoisotopic (exact) mass is 311 g/mol. The summed E-state index contributed by atoms with van der Waals surface area (Å²) in [5, 5.41) is 0. The molecule has 0 bridgehead atoms. The molecule has 1 fully saturated rings. The van der Waals surface area contributed by atoms with Gasteiger partial charge in [-0.05, 0) is 37.1 Å². The first-order valence-electron chi connectivity index (χ1n) is 7.23. The number of carbonyl (C=O) groups excluding carboxylic acids is 1. The standard InChI is InChI=1S/C15H21NO4S/c1-20-15(17)12-8-10-14(11-9-12)21(18,19)16-13-6-4-2-3-5-7-13/h8-11,13,16H,2-7H2,1H3. The summed E-state index contributed by atoms with van der Waals surface area (Å²) in [4.78, 5) is 11.5. The van der Waals surface area contributed by atoms with E-state index in [4.69, 9.17) is 0 Å². The number of nitrogens with one attached hydrogen (secondary N) is 1. The number of sulfonamides is 1. The van der Waals surface area contributed by atoms with Gasteiger partial charge in [0, 0.05) is 6.04 Å². The summed E-state index contributed by atoms with van der Waals surface area (Å²) in [6.45, 7) is 0. The SMILES string of the molecule is COC(=O)c1ccc(S(=O)(=O)NC2CCCCCC2)cc1. The Labute approximate surface area is 125 Å². The highest BCUT2D eigenvalue weighted by molar-refractivity contribution is 7.89. The molecular formula is C15H21NO4S. The second kappa shape index (κ2) is 7.04. The second-order valence-corrected chi connectivity index (χ2v) is 7.04. The molecule has 1 aromatic rings. The lowest BCUT2D eigenvalue weighted by atomic mass is 10.1. The molecule has 0 radical (unpaired) electrons. The van der Waals surface area contributed by atoms with Crippen LogP contribution in [0.15, 0.2) is 29.2 Å². The Morgan fingerprint density at radius 1 is 1.10 bits per heavy atom. The Kier molecular flexibility index (Phi) is 5.36. The number of benzene rings is 1. The molecule has 0 unspecified atom stereocenters. The first kappa shape index (κ1) is 16.0. The third kappa shape index (κ3) is 4.28. The highest BCUT2D eigenvalue weighted by atomic mass is 32.2. The van der Waals surface area contributed by atoms with E-state index in [0.717, 1.165) is 25.7 Å². The fraction of sp³-hybridized carbons (Fsp3) is 0.533. The zero-order valence-electron chi connectivity index (χ0n) is 12.2. The van der Waals surface area contributed by atoms with Crippen molar-refractivity contribution >= 4 is 16.0 Å². The molecule has 2 rings (SSSR count). The van der Waals surface area contributed by atoms with Crippen molar-refractivity contribution in [1.82, 2.24) is 4.72 Å². The highest BCUT2D eigenvalue weighted by Gasteiger charge is 2.21. The third-order valence-corrected chi connectivity index (χ3v) is 5.30. The smallest absolute Gasteiger partial charge is 0.337 e. The van der Waals surface area contributed by atoms with Crippen LogP contribution >= 0.6 is 0 Å². The minimum Gasteiger partial charge on any atom is -0.465 e. The summed E-state index contributed by atoms with van der Waals surface area (Å²) in [5.74, 6) is -0.476. The molecule has 0 amide bonds. The van der Waals surface area contributed by atoms with Crippen LogP contribution in [0.1, 0.15) is 48.9 Å². The van der Waals surface area contributed by atoms with Crippen molar-refractivity contribution in [3.8, 4) is 0 Å². The Morgan fingerprint density at radius 3 is 2.19 bits per heavy atom. The molecular weight excluding hydrogens is 290 g/mol. The van der Waals surface area contributed by atoms with Gasteiger partial charge in [0.2, 0.25) is 10.0 Å². The van der Waals surface area contributed by atoms with Crippen LogP contribution in [0.4, 0.5) is 0 Å². The lowest BCUT2D eigenvalue weighted by molar-refractivity contribution is 0.0600. The van der Waals surface area contributed by atoms with Crippen molar-refractivity contribution < 1.29 is 17.9 Å². The summed E-state index contributed by atoms with van der Waals surface area (Å²) < 4.78 is 32.0. The maximum absolute atomic E-state index is 12.3. The summed E-state index contributed by atoms with van der Waals surface area (Å²) in [6.07, 6.45) is 6.25. The molecule has 1 N–H and O–H groups in total. The van der Waals surface area contributed by atoms with E-state index in [-0.39, 0.29) is 10.9 Å². The molecule has 0 atom stereocenters. The quantitative estimate of drug-likeness (QED) is 0.685. The molecule has 0 saturated heterocycles. The minimum absolute atomic E-state index is 0.0118. The number of esters is 1. The maximum Gasteiger partial charge on any atom is 0.337 e. The fourth-order valence-electron chi connectivity index (χ4n) is 2.57. The van der Waals surface area contributed by atoms with Gasteiger partial charge in [0.15, 0.2) is 0 Å². The van der Waals surface area contributed by atoms with Gasteiger partial charge in [-0.3, -0.25) is 0 Å². The molecule has 0 aliphatic heterocycles. The van der Waals surface area contributed by atoms with Gasteiger partial charge in [-0.25, -0.2) is 17.9 Å². The van der Waals surface area contributed by atoms with Gasteiger partial charge >= 0.3 is 5.97 Å². The van der Waals surface area contributed by atoms with E-state index < -0.39 is 16.0 Å². The lowest BCUT2D eigenvalue weighted by Gasteiger charge is -2.16. The van der Waals surface area contributed by atoms with Crippen LogP contribution in [0.5, 0.6) is 0 Å². The van der Waals surface area contributed by atoms with Gasteiger partial charge in [0.25, 0.3) is 0 Å². The lowest BCUT2D eigenvalue weighted by Crippen LogP contribution is -2.34. The van der Waals surface area contributed by atoms with Gasteiger partial charge in [-0.2, -0.15) is 0 Å². The van der Waals surface area contributed by atoms with Crippen molar-refractivity contribution in [2.75, 3.05) is 7.11 Å². The van der Waals surface area contributed by atoms with Gasteiger partial charge < -0.3 is 4.74 Å². The minimum atomic E-state index is -3.53. The van der Waals surface area contributed by atoms with E-state index in [2.05, 4.69) is 9.46 Å². The molecule has 116 valence electrons. The van der Waals surface area contributed by atoms with Gasteiger partial charge in [0.1, 0.15) is 0 Å². The van der Waals surface area contributed by atoms with E-state index in [1.54, 1.807) is 0 Å². The van der Waals surface area contributed by atoms with Crippen molar-refractivity contribution in [1.29, 1.82) is 0 Å². The Hall–Kier alpha value is -1.40. The third-order valence-electron chi connectivity index (χ3n) is 3.76. The van der Waals surface area contributed by atoms with Gasteiger partial charge in [-0.1, -0.05) is 25.7 Å². The molecule has 0 aromatic heterocycles. The highest BCUT2D eigenvalue weighted by Crippen LogP contribution is 2.20. The molecule has 0 heterocycles. The molecule has 0 spiro atoms. The Bertz CT molecular complexity index is 572. The number of methoxy groups -OCH3 is 1. The van der Waals surface area contributed by atoms with Gasteiger partial charge in [-0.15, -0.1) is 0 Å². The summed E-state index contributed by atoms with van der Waals surface area (Å²) >= 11 is 0. The Balaban J connectivity index is 2.09. The number of hydrogen-bond acceptors (Lipinski definition) is 4. The summed E-state index contributed by atoms with van der Waals surface area (Å²) in [7, 11) is -2.24. The van der Waals surface area contributed by atoms with E-state index >= 15 is 0 Å². The number of rotatable bonds is 4. The molecule has 5 nitrogen and oxygen atoms in total. The van der Waals surface area contributed by atoms with Crippen molar-refractivity contribution in [3.05, 3.63) is 29.8 Å². The summed E-state index contributed by atoms with van der Waals surface area (Å²) in [5.41, 5.74) is 0.339. The average molecular weight is 311 g/mol. The number of ether oxygens (including phenoxy) is 1. The van der Waals surface area contributed by atoms with Crippen molar-refractivity contribution in [3.63, 3.8) is 0 Å². The summed E-state index contributed by atoms with van der Waals surface area (Å²) in [6, 6.07) is 5.81. The van der Waals surface area contributed by atoms with Crippen molar-refractivity contribution in [2.45, 2.75) is 49.5 Å². The predicted octanol–water partition coefficient (Wildman–Crippen LogP) is 2.47. The first-order chi connectivity index (χ1) is 10.0. The normalized spacial score (nSPS) is 17.2. The predicted molar refractivity (Wildman–Crippen MR) is 79.6 cm³/mol. The first-order valence-corrected chi connectivity index (χ1v) is 8.72. The van der Waals surface area contributed by atoms with Crippen LogP contribution in [0.2, 0.25) is 0 Å². The van der Waals surface area contributed by atoms with Crippen molar-refractivity contribution in [2.24, 2.45) is 0 Å². The molecule has 1 aliphatic rings. The van der Waals surface area contributed by atoms with E-state index in [1.165, 1.54) is 44.2 Å². The zero-order chi connectivity index (χ0) is 15.3. The van der Waals surface area contributed by atoms with Crippen LogP contribution in [0.25, 0.3) is 0 Å². The molecule has 21 heavy (non-hydrogen) atoms. The molecule has 6 heteroatoms. The van der Waals surface area contributed by atoms with Gasteiger partial charge in [0.05, 0.1) is 17.6 Å². The largest absolute Gasteiger partial charge is 0.465 e. The maximum atomic E-state index is 12.3. The topological polar surface area (TPSA) is 72.5 Å². The fourth-order valence-corrected chi connectivity index (χ4v) is 3.88. The van der Waals surface area contributed by atoms with E-state index in [9.17, 15) is 13.2 Å². The number of carbonyl (C=O) groups is 1. The number of hydrogen-bond donors (Lipinski definition) is 1. The van der Waals surface area contributed by atoms with Crippen LogP contribution in [0.3, 0.4) is 0 Å². The van der Waals surface area contributed by atoms with Crippen LogP contribution < -0.4 is 4.72 Å².